The molecule has 0 aliphatic rings. The molecule has 1 unspecified atom stereocenters. The topological polar surface area (TPSA) is 94.4 Å². The van der Waals surface area contributed by atoms with E-state index >= 15 is 0 Å². The quantitative estimate of drug-likeness (QED) is 0.550. The van der Waals surface area contributed by atoms with Gasteiger partial charge in [0, 0.05) is 11.1 Å². The van der Waals surface area contributed by atoms with E-state index in [-0.39, 0.29) is 11.7 Å². The molecule has 7 nitrogen and oxygen atoms in total. The van der Waals surface area contributed by atoms with Crippen LogP contribution in [0.25, 0.3) is 34.1 Å². The maximum Gasteiger partial charge on any atom is 0.264 e. The summed E-state index contributed by atoms with van der Waals surface area (Å²) in [5.74, 6) is 1.53. The molecular formula is C21H19N3O4. The molecule has 2 aromatic heterocycles. The molecule has 4 rings (SSSR count). The molecule has 28 heavy (non-hydrogen) atoms. The van der Waals surface area contributed by atoms with Crippen LogP contribution in [-0.4, -0.2) is 27.5 Å². The third-order valence-electron chi connectivity index (χ3n) is 4.41. The smallest absolute Gasteiger partial charge is 0.264 e. The first-order chi connectivity index (χ1) is 13.6. The van der Waals surface area contributed by atoms with Crippen LogP contribution < -0.4 is 4.74 Å². The number of hydrogen-bond donors (Lipinski definition) is 1. The lowest BCUT2D eigenvalue weighted by Gasteiger charge is -2.06. The van der Waals surface area contributed by atoms with Gasteiger partial charge in [-0.25, -0.2) is 0 Å². The number of hydrogen-bond acceptors (Lipinski definition) is 7. The molecule has 0 spiro atoms. The average Bonchev–Trinajstić information content (AvgIpc) is 3.35. The van der Waals surface area contributed by atoms with E-state index in [1.165, 1.54) is 0 Å². The standard InChI is InChI=1S/C21H19N3O4/c1-12-8-10-14(11-9-12)20-22-21(28-24-20)17-18(23-27-19(17)13(2)25)15-6-4-5-7-16(15)26-3/h4-11,13,25H,1-3H3. The molecule has 2 aromatic carbocycles. The van der Waals surface area contributed by atoms with Crippen molar-refractivity contribution in [2.24, 2.45) is 0 Å². The number of aryl methyl sites for hydroxylation is 1. The van der Waals surface area contributed by atoms with Crippen LogP contribution in [0.4, 0.5) is 0 Å². The largest absolute Gasteiger partial charge is 0.496 e. The van der Waals surface area contributed by atoms with Crippen LogP contribution >= 0.6 is 0 Å². The summed E-state index contributed by atoms with van der Waals surface area (Å²) in [6, 6.07) is 15.2. The first-order valence-corrected chi connectivity index (χ1v) is 8.80. The first kappa shape index (κ1) is 17.9. The summed E-state index contributed by atoms with van der Waals surface area (Å²) >= 11 is 0. The zero-order valence-corrected chi connectivity index (χ0v) is 15.7. The first-order valence-electron chi connectivity index (χ1n) is 8.80. The Labute approximate surface area is 161 Å². The second-order valence-electron chi connectivity index (χ2n) is 6.44. The third kappa shape index (κ3) is 3.16. The van der Waals surface area contributed by atoms with Crippen LogP contribution in [0.2, 0.25) is 0 Å². The fourth-order valence-corrected chi connectivity index (χ4v) is 2.96. The molecule has 0 fully saturated rings. The van der Waals surface area contributed by atoms with Crippen molar-refractivity contribution in [1.29, 1.82) is 0 Å². The zero-order valence-electron chi connectivity index (χ0n) is 15.7. The predicted octanol–water partition coefficient (Wildman–Crippen LogP) is 4.43. The van der Waals surface area contributed by atoms with Gasteiger partial charge >= 0.3 is 0 Å². The number of para-hydroxylation sites is 1. The molecule has 4 aromatic rings. The Morgan fingerprint density at radius 1 is 1.00 bits per heavy atom. The normalized spacial score (nSPS) is 12.1. The number of aliphatic hydroxyl groups is 1. The summed E-state index contributed by atoms with van der Waals surface area (Å²) in [6.45, 7) is 3.60. The van der Waals surface area contributed by atoms with E-state index in [1.54, 1.807) is 14.0 Å². The van der Waals surface area contributed by atoms with Gasteiger partial charge in [-0.05, 0) is 26.0 Å². The Bertz CT molecular complexity index is 1100. The molecule has 2 heterocycles. The van der Waals surface area contributed by atoms with Gasteiger partial charge in [0.1, 0.15) is 23.1 Å². The average molecular weight is 377 g/mol. The van der Waals surface area contributed by atoms with E-state index in [4.69, 9.17) is 13.8 Å². The summed E-state index contributed by atoms with van der Waals surface area (Å²) in [5.41, 5.74) is 3.58. The minimum Gasteiger partial charge on any atom is -0.496 e. The van der Waals surface area contributed by atoms with Gasteiger partial charge in [-0.3, -0.25) is 0 Å². The highest BCUT2D eigenvalue weighted by atomic mass is 16.5. The molecular weight excluding hydrogens is 358 g/mol. The summed E-state index contributed by atoms with van der Waals surface area (Å²) in [6.07, 6.45) is -0.902. The monoisotopic (exact) mass is 377 g/mol. The Morgan fingerprint density at radius 2 is 1.75 bits per heavy atom. The van der Waals surface area contributed by atoms with Gasteiger partial charge in [-0.1, -0.05) is 52.3 Å². The van der Waals surface area contributed by atoms with Gasteiger partial charge in [-0.2, -0.15) is 4.98 Å². The summed E-state index contributed by atoms with van der Waals surface area (Å²) in [5, 5.41) is 18.4. The summed E-state index contributed by atoms with van der Waals surface area (Å²) in [7, 11) is 1.58. The number of rotatable bonds is 5. The lowest BCUT2D eigenvalue weighted by molar-refractivity contribution is 0.158. The highest BCUT2D eigenvalue weighted by molar-refractivity contribution is 5.82. The van der Waals surface area contributed by atoms with Crippen molar-refractivity contribution >= 4 is 0 Å². The molecule has 0 aliphatic carbocycles. The van der Waals surface area contributed by atoms with Crippen molar-refractivity contribution in [2.45, 2.75) is 20.0 Å². The molecule has 0 bridgehead atoms. The highest BCUT2D eigenvalue weighted by Gasteiger charge is 2.28. The van der Waals surface area contributed by atoms with Crippen molar-refractivity contribution in [1.82, 2.24) is 15.3 Å². The van der Waals surface area contributed by atoms with Crippen molar-refractivity contribution in [3.63, 3.8) is 0 Å². The molecule has 1 atom stereocenters. The number of aliphatic hydroxyl groups excluding tert-OH is 1. The summed E-state index contributed by atoms with van der Waals surface area (Å²) < 4.78 is 16.4. The van der Waals surface area contributed by atoms with Crippen LogP contribution in [0.1, 0.15) is 24.4 Å². The van der Waals surface area contributed by atoms with Crippen LogP contribution in [0.15, 0.2) is 57.6 Å². The number of aromatic nitrogens is 3. The van der Waals surface area contributed by atoms with Crippen molar-refractivity contribution in [3.8, 4) is 39.8 Å². The van der Waals surface area contributed by atoms with E-state index in [1.807, 2.05) is 55.5 Å². The molecule has 0 saturated heterocycles. The number of ether oxygens (including phenoxy) is 1. The van der Waals surface area contributed by atoms with Gasteiger partial charge in [0.15, 0.2) is 5.76 Å². The predicted molar refractivity (Wildman–Crippen MR) is 103 cm³/mol. The van der Waals surface area contributed by atoms with Crippen molar-refractivity contribution < 1.29 is 18.9 Å². The van der Waals surface area contributed by atoms with E-state index in [0.717, 1.165) is 11.1 Å². The lowest BCUT2D eigenvalue weighted by Crippen LogP contribution is -1.94. The van der Waals surface area contributed by atoms with Gasteiger partial charge < -0.3 is 18.9 Å². The maximum atomic E-state index is 10.2. The minimum absolute atomic E-state index is 0.216. The van der Waals surface area contributed by atoms with E-state index in [2.05, 4.69) is 15.3 Å². The Hall–Kier alpha value is -3.45. The van der Waals surface area contributed by atoms with Gasteiger partial charge in [-0.15, -0.1) is 0 Å². The number of methoxy groups -OCH3 is 1. The Balaban J connectivity index is 1.85. The highest BCUT2D eigenvalue weighted by Crippen LogP contribution is 2.40. The van der Waals surface area contributed by atoms with E-state index in [0.29, 0.717) is 28.4 Å². The maximum absolute atomic E-state index is 10.2. The molecule has 0 amide bonds. The molecule has 142 valence electrons. The molecule has 1 N–H and O–H groups in total. The van der Waals surface area contributed by atoms with Gasteiger partial charge in [0.05, 0.1) is 7.11 Å². The fraction of sp³-hybridized carbons (Fsp3) is 0.190. The van der Waals surface area contributed by atoms with Crippen LogP contribution in [-0.2, 0) is 0 Å². The van der Waals surface area contributed by atoms with Crippen molar-refractivity contribution in [3.05, 3.63) is 59.9 Å². The van der Waals surface area contributed by atoms with Gasteiger partial charge in [0.2, 0.25) is 5.82 Å². The fourth-order valence-electron chi connectivity index (χ4n) is 2.96. The van der Waals surface area contributed by atoms with Crippen LogP contribution in [0.3, 0.4) is 0 Å². The second-order valence-corrected chi connectivity index (χ2v) is 6.44. The number of benzene rings is 2. The second kappa shape index (κ2) is 7.28. The molecule has 0 aliphatic heterocycles. The SMILES string of the molecule is COc1ccccc1-c1noc(C(C)O)c1-c1nc(-c2ccc(C)cc2)no1. The Morgan fingerprint density at radius 3 is 2.46 bits per heavy atom. The van der Waals surface area contributed by atoms with Crippen LogP contribution in [0.5, 0.6) is 5.75 Å². The van der Waals surface area contributed by atoms with Crippen LogP contribution in [0, 0.1) is 6.92 Å². The molecule has 0 saturated carbocycles. The minimum atomic E-state index is -0.902. The number of nitrogens with zero attached hydrogens (tertiary/aromatic N) is 3. The molecule has 0 radical (unpaired) electrons. The Kier molecular flexibility index (Phi) is 4.67. The molecule has 7 heteroatoms. The van der Waals surface area contributed by atoms with Crippen molar-refractivity contribution in [2.75, 3.05) is 7.11 Å². The zero-order chi connectivity index (χ0) is 19.7. The summed E-state index contributed by atoms with van der Waals surface area (Å²) in [4.78, 5) is 4.51. The van der Waals surface area contributed by atoms with Gasteiger partial charge in [0.25, 0.3) is 5.89 Å². The van der Waals surface area contributed by atoms with E-state index in [9.17, 15) is 5.11 Å². The lowest BCUT2D eigenvalue weighted by atomic mass is 10.0. The third-order valence-corrected chi connectivity index (χ3v) is 4.41. The van der Waals surface area contributed by atoms with E-state index < -0.39 is 6.10 Å².